The van der Waals surface area contributed by atoms with Crippen LogP contribution >= 0.6 is 11.3 Å². The summed E-state index contributed by atoms with van der Waals surface area (Å²) in [5.74, 6) is 0.506. The first-order chi connectivity index (χ1) is 11.0. The van der Waals surface area contributed by atoms with Crippen LogP contribution in [0.1, 0.15) is 53.2 Å². The van der Waals surface area contributed by atoms with Gasteiger partial charge in [0, 0.05) is 30.8 Å². The molecule has 23 heavy (non-hydrogen) atoms. The lowest BCUT2D eigenvalue weighted by molar-refractivity contribution is -0.189. The Bertz CT molecular complexity index is 603. The molecular weight excluding hydrogens is 310 g/mol. The van der Waals surface area contributed by atoms with E-state index in [0.29, 0.717) is 6.61 Å². The van der Waals surface area contributed by atoms with Crippen LogP contribution in [0.15, 0.2) is 6.07 Å². The van der Waals surface area contributed by atoms with Crippen molar-refractivity contribution in [2.24, 2.45) is 5.92 Å². The quantitative estimate of drug-likeness (QED) is 0.791. The van der Waals surface area contributed by atoms with Crippen LogP contribution in [0.25, 0.3) is 0 Å². The highest BCUT2D eigenvalue weighted by atomic mass is 32.1. The minimum Gasteiger partial charge on any atom is -0.347 e. The predicted molar refractivity (Wildman–Crippen MR) is 89.9 cm³/mol. The van der Waals surface area contributed by atoms with Crippen molar-refractivity contribution in [3.8, 4) is 0 Å². The van der Waals surface area contributed by atoms with Gasteiger partial charge in [-0.1, -0.05) is 6.92 Å². The number of nitrogens with zero attached hydrogens (tertiary/aromatic N) is 1. The molecule has 2 atom stereocenters. The van der Waals surface area contributed by atoms with Gasteiger partial charge in [0.15, 0.2) is 5.79 Å². The number of amides is 1. The fraction of sp³-hybridized carbons (Fsp3) is 0.722. The van der Waals surface area contributed by atoms with Gasteiger partial charge in [0.2, 0.25) is 0 Å². The molecule has 1 amide bonds. The monoisotopic (exact) mass is 335 g/mol. The molecule has 1 aliphatic carbocycles. The first-order valence-electron chi connectivity index (χ1n) is 8.77. The second kappa shape index (κ2) is 5.87. The number of carbonyl (C=O) groups excluding carboxylic acids is 1. The number of likely N-dealkylation sites (tertiary alicyclic amines) is 1. The largest absolute Gasteiger partial charge is 0.347 e. The molecule has 0 radical (unpaired) electrons. The van der Waals surface area contributed by atoms with Crippen LogP contribution in [0, 0.1) is 5.92 Å². The standard InChI is InChI=1S/C18H25NO3S/c1-12-3-4-15-14(9-12)10-16(23-15)17(20)19-7-5-18(6-8-19)21-11-13(2)22-18/h10,12-13H,3-9,11H2,1-2H3/t12-,13-/m0/s1. The molecular formula is C18H25NO3S. The third-order valence-electron chi connectivity index (χ3n) is 5.35. The maximum Gasteiger partial charge on any atom is 0.263 e. The van der Waals surface area contributed by atoms with Gasteiger partial charge >= 0.3 is 0 Å². The third-order valence-corrected chi connectivity index (χ3v) is 6.57. The Morgan fingerprint density at radius 2 is 2.13 bits per heavy atom. The summed E-state index contributed by atoms with van der Waals surface area (Å²) in [6, 6.07) is 2.15. The zero-order chi connectivity index (χ0) is 16.0. The van der Waals surface area contributed by atoms with E-state index < -0.39 is 5.79 Å². The number of rotatable bonds is 1. The summed E-state index contributed by atoms with van der Waals surface area (Å²) >= 11 is 1.71. The molecule has 0 bridgehead atoms. The van der Waals surface area contributed by atoms with E-state index in [1.165, 1.54) is 16.9 Å². The number of hydrogen-bond donors (Lipinski definition) is 0. The number of thiophene rings is 1. The lowest BCUT2D eigenvalue weighted by atomic mass is 9.90. The van der Waals surface area contributed by atoms with E-state index in [4.69, 9.17) is 9.47 Å². The number of hydrogen-bond acceptors (Lipinski definition) is 4. The highest BCUT2D eigenvalue weighted by Gasteiger charge is 2.43. The van der Waals surface area contributed by atoms with E-state index in [0.717, 1.165) is 49.6 Å². The summed E-state index contributed by atoms with van der Waals surface area (Å²) in [7, 11) is 0. The van der Waals surface area contributed by atoms with E-state index in [1.807, 2.05) is 11.8 Å². The Kier molecular flexibility index (Phi) is 3.98. The van der Waals surface area contributed by atoms with Crippen LogP contribution < -0.4 is 0 Å². The van der Waals surface area contributed by atoms with Gasteiger partial charge in [-0.25, -0.2) is 0 Å². The maximum absolute atomic E-state index is 12.8. The molecule has 0 N–H and O–H groups in total. The van der Waals surface area contributed by atoms with Gasteiger partial charge in [-0.2, -0.15) is 0 Å². The average Bonchev–Trinajstić information content (AvgIpc) is 3.11. The van der Waals surface area contributed by atoms with Crippen LogP contribution in [0.2, 0.25) is 0 Å². The normalized spacial score (nSPS) is 29.7. The summed E-state index contributed by atoms with van der Waals surface area (Å²) < 4.78 is 11.8. The molecule has 1 aromatic rings. The second-order valence-corrected chi connectivity index (χ2v) is 8.49. The maximum atomic E-state index is 12.8. The lowest BCUT2D eigenvalue weighted by Crippen LogP contribution is -2.47. The average molecular weight is 335 g/mol. The van der Waals surface area contributed by atoms with Gasteiger partial charge in [-0.3, -0.25) is 4.79 Å². The predicted octanol–water partition coefficient (Wildman–Crippen LogP) is 3.24. The van der Waals surface area contributed by atoms with Gasteiger partial charge in [0.1, 0.15) is 0 Å². The minimum absolute atomic E-state index is 0.170. The van der Waals surface area contributed by atoms with Crippen LogP contribution in [-0.2, 0) is 22.3 Å². The van der Waals surface area contributed by atoms with E-state index in [9.17, 15) is 4.79 Å². The van der Waals surface area contributed by atoms with Crippen molar-refractivity contribution < 1.29 is 14.3 Å². The molecule has 0 saturated carbocycles. The molecule has 4 nitrogen and oxygen atoms in total. The second-order valence-electron chi connectivity index (χ2n) is 7.35. The lowest BCUT2D eigenvalue weighted by Gasteiger charge is -2.37. The van der Waals surface area contributed by atoms with E-state index in [-0.39, 0.29) is 12.0 Å². The van der Waals surface area contributed by atoms with Gasteiger partial charge in [-0.05, 0) is 43.7 Å². The van der Waals surface area contributed by atoms with E-state index >= 15 is 0 Å². The zero-order valence-electron chi connectivity index (χ0n) is 14.0. The molecule has 3 aliphatic rings. The molecule has 1 aromatic heterocycles. The summed E-state index contributed by atoms with van der Waals surface area (Å²) in [4.78, 5) is 17.1. The van der Waals surface area contributed by atoms with Crippen LogP contribution in [-0.4, -0.2) is 42.4 Å². The SMILES string of the molecule is C[C@H]1CCc2sc(C(=O)N3CCC4(CC3)OC[C@H](C)O4)cc2C1. The molecule has 2 fully saturated rings. The van der Waals surface area contributed by atoms with Crippen molar-refractivity contribution in [3.63, 3.8) is 0 Å². The number of fused-ring (bicyclic) bond motifs is 1. The number of piperidine rings is 1. The highest BCUT2D eigenvalue weighted by molar-refractivity contribution is 7.14. The number of aryl methyl sites for hydroxylation is 1. The highest BCUT2D eigenvalue weighted by Crippen LogP contribution is 2.36. The van der Waals surface area contributed by atoms with Crippen LogP contribution in [0.5, 0.6) is 0 Å². The molecule has 3 heterocycles. The Morgan fingerprint density at radius 3 is 2.83 bits per heavy atom. The van der Waals surface area contributed by atoms with Gasteiger partial charge in [0.25, 0.3) is 5.91 Å². The van der Waals surface area contributed by atoms with Gasteiger partial charge in [-0.15, -0.1) is 11.3 Å². The van der Waals surface area contributed by atoms with Crippen molar-refractivity contribution in [2.45, 2.75) is 57.8 Å². The molecule has 1 spiro atoms. The van der Waals surface area contributed by atoms with Crippen LogP contribution in [0.3, 0.4) is 0 Å². The van der Waals surface area contributed by atoms with Crippen molar-refractivity contribution >= 4 is 17.2 Å². The zero-order valence-corrected chi connectivity index (χ0v) is 14.8. The molecule has 2 saturated heterocycles. The first-order valence-corrected chi connectivity index (χ1v) is 9.59. The third kappa shape index (κ3) is 2.94. The van der Waals surface area contributed by atoms with Crippen LogP contribution in [0.4, 0.5) is 0 Å². The van der Waals surface area contributed by atoms with E-state index in [2.05, 4.69) is 13.0 Å². The smallest absolute Gasteiger partial charge is 0.263 e. The van der Waals surface area contributed by atoms with Crippen molar-refractivity contribution in [1.29, 1.82) is 0 Å². The van der Waals surface area contributed by atoms with Crippen molar-refractivity contribution in [3.05, 3.63) is 21.4 Å². The summed E-state index contributed by atoms with van der Waals surface area (Å²) in [6.07, 6.45) is 5.25. The summed E-state index contributed by atoms with van der Waals surface area (Å²) in [6.45, 7) is 6.47. The Balaban J connectivity index is 1.42. The Hall–Kier alpha value is -0.910. The van der Waals surface area contributed by atoms with Gasteiger partial charge < -0.3 is 14.4 Å². The fourth-order valence-electron chi connectivity index (χ4n) is 3.98. The Morgan fingerprint density at radius 1 is 1.35 bits per heavy atom. The first kappa shape index (κ1) is 15.6. The van der Waals surface area contributed by atoms with Crippen molar-refractivity contribution in [1.82, 2.24) is 4.90 Å². The van der Waals surface area contributed by atoms with Crippen molar-refractivity contribution in [2.75, 3.05) is 19.7 Å². The Labute approximate surface area is 141 Å². The topological polar surface area (TPSA) is 38.8 Å². The fourth-order valence-corrected chi connectivity index (χ4v) is 5.16. The molecule has 126 valence electrons. The molecule has 0 aromatic carbocycles. The number of carbonyl (C=O) groups is 1. The summed E-state index contributed by atoms with van der Waals surface area (Å²) in [5, 5.41) is 0. The molecule has 5 heteroatoms. The minimum atomic E-state index is -0.430. The molecule has 0 unspecified atom stereocenters. The molecule has 2 aliphatic heterocycles. The number of ether oxygens (including phenoxy) is 2. The van der Waals surface area contributed by atoms with Gasteiger partial charge in [0.05, 0.1) is 17.6 Å². The van der Waals surface area contributed by atoms with E-state index in [1.54, 1.807) is 11.3 Å². The summed E-state index contributed by atoms with van der Waals surface area (Å²) in [5.41, 5.74) is 1.40. The molecule has 4 rings (SSSR count).